The molecule has 8 heteroatoms. The molecule has 6 nitrogen and oxygen atoms in total. The lowest BCUT2D eigenvalue weighted by Gasteiger charge is -2.14. The summed E-state index contributed by atoms with van der Waals surface area (Å²) in [6.45, 7) is 0.588. The van der Waals surface area contributed by atoms with Crippen LogP contribution in [0, 0.1) is 0 Å². The van der Waals surface area contributed by atoms with E-state index in [1.165, 1.54) is 4.31 Å². The molecule has 1 aliphatic rings. The first-order chi connectivity index (χ1) is 9.43. The molecule has 114 valence electrons. The topological polar surface area (TPSA) is 60.8 Å². The Bertz CT molecular complexity index is 560. The molecule has 0 spiro atoms. The van der Waals surface area contributed by atoms with Crippen molar-refractivity contribution in [2.45, 2.75) is 23.0 Å². The van der Waals surface area contributed by atoms with Crippen molar-refractivity contribution in [1.82, 2.24) is 8.87 Å². The minimum Gasteiger partial charge on any atom is -0.377 e. The fraction of sp³-hybridized carbons (Fsp3) is 0.667. The number of methoxy groups -OCH3 is 2. The maximum absolute atomic E-state index is 12.6. The molecule has 1 fully saturated rings. The molecule has 1 aromatic rings. The van der Waals surface area contributed by atoms with Crippen molar-refractivity contribution < 1.29 is 17.9 Å². The highest BCUT2D eigenvalue weighted by Gasteiger charge is 2.40. The van der Waals surface area contributed by atoms with Crippen molar-refractivity contribution in [3.05, 3.63) is 18.0 Å². The first-order valence-electron chi connectivity index (χ1n) is 6.21. The molecule has 1 aromatic heterocycles. The van der Waals surface area contributed by atoms with Gasteiger partial charge in [-0.05, 0) is 6.07 Å². The predicted molar refractivity (Wildman–Crippen MR) is 75.3 cm³/mol. The minimum atomic E-state index is -3.54. The molecule has 0 N–H and O–H groups in total. The molecule has 0 radical (unpaired) electrons. The Balaban J connectivity index is 2.27. The van der Waals surface area contributed by atoms with E-state index in [1.807, 2.05) is 0 Å². The summed E-state index contributed by atoms with van der Waals surface area (Å²) >= 11 is 5.78. The number of alkyl halides is 1. The van der Waals surface area contributed by atoms with Crippen molar-refractivity contribution in [2.24, 2.45) is 7.05 Å². The maximum atomic E-state index is 12.6. The zero-order valence-electron chi connectivity index (χ0n) is 11.7. The molecule has 0 amide bonds. The number of aryl methyl sites for hydroxylation is 1. The van der Waals surface area contributed by atoms with Gasteiger partial charge in [0.2, 0.25) is 10.0 Å². The van der Waals surface area contributed by atoms with Gasteiger partial charge in [-0.25, -0.2) is 8.42 Å². The first kappa shape index (κ1) is 15.8. The van der Waals surface area contributed by atoms with Crippen molar-refractivity contribution in [3.63, 3.8) is 0 Å². The Morgan fingerprint density at radius 1 is 1.30 bits per heavy atom. The summed E-state index contributed by atoms with van der Waals surface area (Å²) in [5.74, 6) is 0.271. The molecule has 20 heavy (non-hydrogen) atoms. The second-order valence-electron chi connectivity index (χ2n) is 4.78. The molecular weight excluding hydrogens is 304 g/mol. The van der Waals surface area contributed by atoms with Gasteiger partial charge < -0.3 is 14.0 Å². The van der Waals surface area contributed by atoms with Crippen LogP contribution in [0.3, 0.4) is 0 Å². The largest absolute Gasteiger partial charge is 0.377 e. The van der Waals surface area contributed by atoms with Gasteiger partial charge >= 0.3 is 0 Å². The summed E-state index contributed by atoms with van der Waals surface area (Å²) in [4.78, 5) is 0.252. The summed E-state index contributed by atoms with van der Waals surface area (Å²) in [5, 5.41) is 0. The van der Waals surface area contributed by atoms with Gasteiger partial charge in [0, 0.05) is 46.2 Å². The highest BCUT2D eigenvalue weighted by molar-refractivity contribution is 7.89. The van der Waals surface area contributed by atoms with Gasteiger partial charge in [0.1, 0.15) is 4.90 Å². The summed E-state index contributed by atoms with van der Waals surface area (Å²) < 4.78 is 38.8. The van der Waals surface area contributed by atoms with Gasteiger partial charge in [-0.2, -0.15) is 4.31 Å². The second kappa shape index (κ2) is 6.03. The summed E-state index contributed by atoms with van der Waals surface area (Å²) in [7, 11) is 1.34. The van der Waals surface area contributed by atoms with Gasteiger partial charge in [-0.15, -0.1) is 11.6 Å². The fourth-order valence-corrected chi connectivity index (χ4v) is 4.19. The smallest absolute Gasteiger partial charge is 0.244 e. The number of nitrogens with zero attached hydrogens (tertiary/aromatic N) is 2. The maximum Gasteiger partial charge on any atom is 0.244 e. The third-order valence-corrected chi connectivity index (χ3v) is 5.72. The number of rotatable bonds is 5. The van der Waals surface area contributed by atoms with E-state index in [2.05, 4.69) is 0 Å². The number of hydrogen-bond donors (Lipinski definition) is 0. The average Bonchev–Trinajstić information content (AvgIpc) is 3.01. The molecule has 0 saturated carbocycles. The number of sulfonamides is 1. The van der Waals surface area contributed by atoms with Gasteiger partial charge in [0.15, 0.2) is 0 Å². The molecule has 1 aliphatic heterocycles. The molecule has 2 heterocycles. The zero-order valence-corrected chi connectivity index (χ0v) is 13.3. The van der Waals surface area contributed by atoms with E-state index in [1.54, 1.807) is 38.1 Å². The molecule has 2 atom stereocenters. The van der Waals surface area contributed by atoms with Crippen LogP contribution in [0.2, 0.25) is 0 Å². The molecule has 1 saturated heterocycles. The Hall–Kier alpha value is -0.600. The monoisotopic (exact) mass is 322 g/mol. The summed E-state index contributed by atoms with van der Waals surface area (Å²) in [5.41, 5.74) is 0.760. The van der Waals surface area contributed by atoms with E-state index >= 15 is 0 Å². The molecular formula is C12H19ClN2O4S. The number of ether oxygens (including phenoxy) is 2. The van der Waals surface area contributed by atoms with Crippen LogP contribution >= 0.6 is 11.6 Å². The highest BCUT2D eigenvalue weighted by atomic mass is 35.5. The highest BCUT2D eigenvalue weighted by Crippen LogP contribution is 2.25. The van der Waals surface area contributed by atoms with Crippen LogP contribution in [0.25, 0.3) is 0 Å². The van der Waals surface area contributed by atoms with E-state index in [-0.39, 0.29) is 23.0 Å². The normalized spacial score (nSPS) is 24.4. The Morgan fingerprint density at radius 2 is 1.85 bits per heavy atom. The molecule has 0 bridgehead atoms. The summed E-state index contributed by atoms with van der Waals surface area (Å²) in [6, 6.07) is 1.60. The van der Waals surface area contributed by atoms with E-state index < -0.39 is 10.0 Å². The van der Waals surface area contributed by atoms with Gasteiger partial charge in [0.25, 0.3) is 0 Å². The van der Waals surface area contributed by atoms with Crippen LogP contribution in [0.1, 0.15) is 5.69 Å². The van der Waals surface area contributed by atoms with Gasteiger partial charge in [0.05, 0.1) is 18.1 Å². The molecule has 0 aliphatic carbocycles. The predicted octanol–water partition coefficient (Wildman–Crippen LogP) is 0.798. The van der Waals surface area contributed by atoms with Crippen molar-refractivity contribution in [3.8, 4) is 0 Å². The Labute approximate surface area is 124 Å². The fourth-order valence-electron chi connectivity index (χ4n) is 2.36. The lowest BCUT2D eigenvalue weighted by atomic mass is 10.3. The van der Waals surface area contributed by atoms with Crippen LogP contribution in [0.4, 0.5) is 0 Å². The molecule has 2 rings (SSSR count). The van der Waals surface area contributed by atoms with E-state index in [0.29, 0.717) is 13.1 Å². The lowest BCUT2D eigenvalue weighted by molar-refractivity contribution is -0.00461. The van der Waals surface area contributed by atoms with Crippen molar-refractivity contribution in [2.75, 3.05) is 27.3 Å². The molecule has 0 aromatic carbocycles. The van der Waals surface area contributed by atoms with E-state index in [4.69, 9.17) is 21.1 Å². The average molecular weight is 323 g/mol. The standard InChI is InChI=1S/C12H19ClN2O4S/c1-14-6-10(4-9(14)5-13)20(16,17)15-7-11(18-2)12(8-15)19-3/h4,6,11-12H,5,7-8H2,1-3H3. The van der Waals surface area contributed by atoms with Crippen LogP contribution in [0.15, 0.2) is 17.2 Å². The quantitative estimate of drug-likeness (QED) is 0.752. The third kappa shape index (κ3) is 2.73. The zero-order chi connectivity index (χ0) is 14.9. The first-order valence-corrected chi connectivity index (χ1v) is 8.18. The van der Waals surface area contributed by atoms with Gasteiger partial charge in [-0.3, -0.25) is 0 Å². The third-order valence-electron chi connectivity index (χ3n) is 3.64. The lowest BCUT2D eigenvalue weighted by Crippen LogP contribution is -2.30. The molecule has 2 unspecified atom stereocenters. The van der Waals surface area contributed by atoms with Crippen LogP contribution in [0.5, 0.6) is 0 Å². The van der Waals surface area contributed by atoms with Crippen LogP contribution in [-0.4, -0.2) is 56.8 Å². The van der Waals surface area contributed by atoms with Crippen molar-refractivity contribution >= 4 is 21.6 Å². The Kier molecular flexibility index (Phi) is 4.76. The van der Waals surface area contributed by atoms with Gasteiger partial charge in [-0.1, -0.05) is 0 Å². The minimum absolute atomic E-state index is 0.244. The number of hydrogen-bond acceptors (Lipinski definition) is 4. The number of halogens is 1. The van der Waals surface area contributed by atoms with Crippen LogP contribution < -0.4 is 0 Å². The van der Waals surface area contributed by atoms with E-state index in [0.717, 1.165) is 5.69 Å². The second-order valence-corrected chi connectivity index (χ2v) is 6.99. The Morgan fingerprint density at radius 3 is 2.25 bits per heavy atom. The summed E-state index contributed by atoms with van der Waals surface area (Å²) in [6.07, 6.45) is 1.09. The van der Waals surface area contributed by atoms with E-state index in [9.17, 15) is 8.42 Å². The number of aromatic nitrogens is 1. The SMILES string of the molecule is COC1CN(S(=O)(=O)c2cc(CCl)n(C)c2)CC1OC. The van der Waals surface area contributed by atoms with Crippen LogP contribution in [-0.2, 0) is 32.4 Å². The van der Waals surface area contributed by atoms with Crippen molar-refractivity contribution in [1.29, 1.82) is 0 Å².